The number of nitrogens with zero attached hydrogens (tertiary/aromatic N) is 1. The number of amides is 1. The van der Waals surface area contributed by atoms with Gasteiger partial charge >= 0.3 is 5.91 Å². The summed E-state index contributed by atoms with van der Waals surface area (Å²) in [6, 6.07) is 25.7. The molecule has 0 aliphatic heterocycles. The molecule has 4 aromatic carbocycles. The van der Waals surface area contributed by atoms with Crippen LogP contribution in [0.15, 0.2) is 88.4 Å². The van der Waals surface area contributed by atoms with Crippen LogP contribution in [-0.4, -0.2) is 18.7 Å². The highest BCUT2D eigenvalue weighted by Crippen LogP contribution is 2.30. The highest BCUT2D eigenvalue weighted by atomic mass is 127. The number of benzene rings is 4. The van der Waals surface area contributed by atoms with Crippen LogP contribution in [0, 0.1) is 7.14 Å². The summed E-state index contributed by atoms with van der Waals surface area (Å²) in [5.41, 5.74) is 5.10. The molecule has 1 amide bonds. The van der Waals surface area contributed by atoms with E-state index in [0.717, 1.165) is 35.2 Å². The lowest BCUT2D eigenvalue weighted by atomic mass is 10.1. The molecule has 0 aliphatic rings. The van der Waals surface area contributed by atoms with Crippen molar-refractivity contribution >= 4 is 79.0 Å². The Bertz CT molecular complexity index is 1600. The van der Waals surface area contributed by atoms with Gasteiger partial charge in [0, 0.05) is 5.39 Å². The maximum Gasteiger partial charge on any atom is 0.307 e. The van der Waals surface area contributed by atoms with Crippen LogP contribution in [0.1, 0.15) is 28.6 Å². The van der Waals surface area contributed by atoms with Gasteiger partial charge in [-0.3, -0.25) is 4.79 Å². The fraction of sp³-hybridized carbons (Fsp3) is 0.103. The van der Waals surface area contributed by atoms with Crippen molar-refractivity contribution in [1.82, 2.24) is 5.43 Å². The third-order valence-corrected chi connectivity index (χ3v) is 7.22. The maximum atomic E-state index is 12.5. The average molecular weight is 716 g/mol. The Morgan fingerprint density at radius 3 is 2.49 bits per heavy atom. The van der Waals surface area contributed by atoms with E-state index >= 15 is 0 Å². The van der Waals surface area contributed by atoms with Crippen LogP contribution < -0.4 is 14.9 Å². The fourth-order valence-electron chi connectivity index (χ4n) is 3.89. The summed E-state index contributed by atoms with van der Waals surface area (Å²) in [5.74, 6) is 1.31. The first kappa shape index (κ1) is 25.5. The predicted molar refractivity (Wildman–Crippen MR) is 163 cm³/mol. The molecule has 6 nitrogen and oxygen atoms in total. The Kier molecular flexibility index (Phi) is 7.94. The molecule has 0 saturated carbocycles. The van der Waals surface area contributed by atoms with Crippen molar-refractivity contribution in [3.8, 4) is 11.5 Å². The second kappa shape index (κ2) is 11.5. The Morgan fingerprint density at radius 2 is 1.70 bits per heavy atom. The van der Waals surface area contributed by atoms with E-state index in [9.17, 15) is 4.79 Å². The molecule has 0 atom stereocenters. The number of carbonyl (C=O) groups excluding carboxylic acids is 1. The largest absolute Gasteiger partial charge is 0.494 e. The topological polar surface area (TPSA) is 73.1 Å². The minimum atomic E-state index is -0.426. The van der Waals surface area contributed by atoms with Gasteiger partial charge in [0.1, 0.15) is 23.7 Å². The lowest BCUT2D eigenvalue weighted by Gasteiger charge is -2.12. The second-order valence-electron chi connectivity index (χ2n) is 8.23. The molecule has 0 unspecified atom stereocenters. The maximum absolute atomic E-state index is 12.5. The van der Waals surface area contributed by atoms with Crippen molar-refractivity contribution in [3.63, 3.8) is 0 Å². The van der Waals surface area contributed by atoms with Crippen LogP contribution in [0.3, 0.4) is 0 Å². The Morgan fingerprint density at radius 1 is 0.919 bits per heavy atom. The first-order chi connectivity index (χ1) is 18.0. The van der Waals surface area contributed by atoms with Crippen LogP contribution in [-0.2, 0) is 6.61 Å². The number of hydrogen-bond donors (Lipinski definition) is 1. The number of furan rings is 1. The van der Waals surface area contributed by atoms with E-state index in [1.54, 1.807) is 18.3 Å². The summed E-state index contributed by atoms with van der Waals surface area (Å²) in [7, 11) is 0. The molecule has 0 saturated heterocycles. The summed E-state index contributed by atoms with van der Waals surface area (Å²) in [4.78, 5) is 12.5. The minimum Gasteiger partial charge on any atom is -0.494 e. The van der Waals surface area contributed by atoms with Crippen molar-refractivity contribution in [1.29, 1.82) is 0 Å². The van der Waals surface area contributed by atoms with E-state index < -0.39 is 5.91 Å². The van der Waals surface area contributed by atoms with Crippen LogP contribution in [0.5, 0.6) is 11.5 Å². The molecular formula is C29H22I2N2O4. The Labute approximate surface area is 241 Å². The van der Waals surface area contributed by atoms with Crippen molar-refractivity contribution in [2.24, 2.45) is 5.10 Å². The lowest BCUT2D eigenvalue weighted by Crippen LogP contribution is -2.16. The number of fused-ring (bicyclic) bond motifs is 2. The van der Waals surface area contributed by atoms with Gasteiger partial charge in [-0.05, 0) is 116 Å². The lowest BCUT2D eigenvalue weighted by molar-refractivity contribution is 0.0929. The summed E-state index contributed by atoms with van der Waals surface area (Å²) in [6.07, 6.45) is 1.60. The van der Waals surface area contributed by atoms with Gasteiger partial charge in [-0.2, -0.15) is 5.10 Å². The van der Waals surface area contributed by atoms with E-state index in [4.69, 9.17) is 13.9 Å². The molecule has 8 heteroatoms. The van der Waals surface area contributed by atoms with Gasteiger partial charge in [-0.1, -0.05) is 36.4 Å². The number of hydrazone groups is 1. The third-order valence-electron chi connectivity index (χ3n) is 5.62. The molecule has 37 heavy (non-hydrogen) atoms. The van der Waals surface area contributed by atoms with Gasteiger partial charge in [0.05, 0.1) is 20.0 Å². The molecule has 1 aromatic heterocycles. The number of halogens is 2. The van der Waals surface area contributed by atoms with Gasteiger partial charge in [-0.15, -0.1) is 0 Å². The molecule has 0 aliphatic carbocycles. The molecule has 0 radical (unpaired) electrons. The smallest absolute Gasteiger partial charge is 0.307 e. The van der Waals surface area contributed by atoms with Crippen molar-refractivity contribution in [2.45, 2.75) is 13.5 Å². The third kappa shape index (κ3) is 6.07. The zero-order valence-corrected chi connectivity index (χ0v) is 24.1. The van der Waals surface area contributed by atoms with Gasteiger partial charge in [0.2, 0.25) is 0 Å². The molecule has 0 bridgehead atoms. The first-order valence-corrected chi connectivity index (χ1v) is 13.8. The van der Waals surface area contributed by atoms with Crippen LogP contribution in [0.2, 0.25) is 0 Å². The van der Waals surface area contributed by atoms with Gasteiger partial charge in [-0.25, -0.2) is 5.43 Å². The SMILES string of the molecule is CCOc1ccc2oc(C(=O)N/N=C/c3cc(I)c(OCc4ccc5ccccc5c4)c(I)c3)cc2c1. The zero-order valence-electron chi connectivity index (χ0n) is 19.8. The minimum absolute atomic E-state index is 0.183. The number of rotatable bonds is 8. The van der Waals surface area contributed by atoms with Gasteiger partial charge in [0.15, 0.2) is 5.76 Å². The number of carbonyl (C=O) groups is 1. The molecule has 1 N–H and O–H groups in total. The number of ether oxygens (including phenoxy) is 2. The normalized spacial score (nSPS) is 11.3. The van der Waals surface area contributed by atoms with Crippen molar-refractivity contribution in [2.75, 3.05) is 6.61 Å². The molecule has 1 heterocycles. The monoisotopic (exact) mass is 716 g/mol. The molecular weight excluding hydrogens is 694 g/mol. The standard InChI is InChI=1S/C29H22I2N2O4/c1-2-35-23-9-10-26-22(14-23)15-27(37-26)29(34)33-32-16-19-12-24(30)28(25(31)13-19)36-17-18-7-8-20-5-3-4-6-21(20)11-18/h3-16H,2,17H2,1H3,(H,33,34)/b32-16+. The highest BCUT2D eigenvalue weighted by Gasteiger charge is 2.13. The molecule has 0 spiro atoms. The van der Waals surface area contributed by atoms with Crippen molar-refractivity contribution < 1.29 is 18.7 Å². The van der Waals surface area contributed by atoms with E-state index in [-0.39, 0.29) is 5.76 Å². The summed E-state index contributed by atoms with van der Waals surface area (Å²) in [6.45, 7) is 2.97. The summed E-state index contributed by atoms with van der Waals surface area (Å²) >= 11 is 4.51. The Hall–Kier alpha value is -3.12. The van der Waals surface area contributed by atoms with Crippen molar-refractivity contribution in [3.05, 3.63) is 103 Å². The highest BCUT2D eigenvalue weighted by molar-refractivity contribution is 14.1. The van der Waals surface area contributed by atoms with E-state index in [0.29, 0.717) is 18.8 Å². The first-order valence-electron chi connectivity index (χ1n) is 11.6. The van der Waals surface area contributed by atoms with E-state index in [1.165, 1.54) is 10.8 Å². The quantitative estimate of drug-likeness (QED) is 0.102. The Balaban J connectivity index is 1.23. The fourth-order valence-corrected chi connectivity index (χ4v) is 6.01. The number of hydrogen-bond acceptors (Lipinski definition) is 5. The summed E-state index contributed by atoms with van der Waals surface area (Å²) in [5, 5.41) is 7.31. The van der Waals surface area contributed by atoms with Crippen LogP contribution in [0.4, 0.5) is 0 Å². The van der Waals surface area contributed by atoms with E-state index in [1.807, 2.05) is 43.3 Å². The molecule has 5 rings (SSSR count). The average Bonchev–Trinajstić information content (AvgIpc) is 3.32. The second-order valence-corrected chi connectivity index (χ2v) is 10.6. The zero-order chi connectivity index (χ0) is 25.8. The summed E-state index contributed by atoms with van der Waals surface area (Å²) < 4.78 is 19.2. The van der Waals surface area contributed by atoms with Gasteiger partial charge in [0.25, 0.3) is 0 Å². The predicted octanol–water partition coefficient (Wildman–Crippen LogP) is 7.54. The van der Waals surface area contributed by atoms with E-state index in [2.05, 4.69) is 86.0 Å². The molecule has 186 valence electrons. The number of nitrogens with one attached hydrogen (secondary N) is 1. The van der Waals surface area contributed by atoms with Crippen LogP contribution in [0.25, 0.3) is 21.7 Å². The molecule has 5 aromatic rings. The van der Waals surface area contributed by atoms with Crippen LogP contribution >= 0.6 is 45.2 Å². The molecule has 0 fully saturated rings. The van der Waals surface area contributed by atoms with Gasteiger partial charge < -0.3 is 13.9 Å².